The van der Waals surface area contributed by atoms with E-state index >= 15 is 0 Å². The van der Waals surface area contributed by atoms with Gasteiger partial charge in [-0.2, -0.15) is 11.8 Å². The van der Waals surface area contributed by atoms with Gasteiger partial charge in [-0.1, -0.05) is 0 Å². The first-order valence-electron chi connectivity index (χ1n) is 4.84. The second kappa shape index (κ2) is 3.99. The minimum atomic E-state index is 0.872. The molecule has 0 radical (unpaired) electrons. The van der Waals surface area contributed by atoms with Crippen molar-refractivity contribution in [1.82, 2.24) is 10.2 Å². The van der Waals surface area contributed by atoms with Gasteiger partial charge in [0.15, 0.2) is 0 Å². The zero-order valence-electron chi connectivity index (χ0n) is 7.75. The summed E-state index contributed by atoms with van der Waals surface area (Å²) < 4.78 is 0. The summed E-state index contributed by atoms with van der Waals surface area (Å²) in [6.45, 7) is 5.16. The molecule has 12 heavy (non-hydrogen) atoms. The van der Waals surface area contributed by atoms with Crippen LogP contribution >= 0.6 is 11.8 Å². The molecule has 2 heterocycles. The standard InChI is InChI=1S/C9H18N2S/c1-12-7-8-2-3-11(6-8)9-4-10-5-9/h8-10H,2-7H2,1H3. The lowest BCUT2D eigenvalue weighted by atomic mass is 10.1. The molecule has 0 aromatic carbocycles. The topological polar surface area (TPSA) is 15.3 Å². The maximum absolute atomic E-state index is 3.34. The summed E-state index contributed by atoms with van der Waals surface area (Å²) in [7, 11) is 0. The summed E-state index contributed by atoms with van der Waals surface area (Å²) >= 11 is 2.00. The van der Waals surface area contributed by atoms with E-state index in [1.807, 2.05) is 11.8 Å². The van der Waals surface area contributed by atoms with Gasteiger partial charge in [-0.05, 0) is 30.9 Å². The highest BCUT2D eigenvalue weighted by Crippen LogP contribution is 2.22. The van der Waals surface area contributed by atoms with Crippen LogP contribution in [0.5, 0.6) is 0 Å². The summed E-state index contributed by atoms with van der Waals surface area (Å²) in [5.41, 5.74) is 0. The molecule has 0 aromatic rings. The zero-order chi connectivity index (χ0) is 8.39. The van der Waals surface area contributed by atoms with E-state index in [1.54, 1.807) is 0 Å². The van der Waals surface area contributed by atoms with Crippen LogP contribution in [0.3, 0.4) is 0 Å². The maximum Gasteiger partial charge on any atom is 0.0345 e. The van der Waals surface area contributed by atoms with Gasteiger partial charge in [0.25, 0.3) is 0 Å². The van der Waals surface area contributed by atoms with Crippen LogP contribution in [0.2, 0.25) is 0 Å². The van der Waals surface area contributed by atoms with Gasteiger partial charge >= 0.3 is 0 Å². The van der Waals surface area contributed by atoms with E-state index < -0.39 is 0 Å². The molecule has 0 aliphatic carbocycles. The average Bonchev–Trinajstić information content (AvgIpc) is 2.34. The first kappa shape index (κ1) is 8.85. The summed E-state index contributed by atoms with van der Waals surface area (Å²) in [5, 5.41) is 3.34. The van der Waals surface area contributed by atoms with E-state index in [9.17, 15) is 0 Å². The fourth-order valence-corrected chi connectivity index (χ4v) is 2.84. The molecule has 2 nitrogen and oxygen atoms in total. The first-order valence-corrected chi connectivity index (χ1v) is 6.23. The normalized spacial score (nSPS) is 32.2. The maximum atomic E-state index is 3.34. The number of thioether (sulfide) groups is 1. The molecule has 0 aromatic heterocycles. The van der Waals surface area contributed by atoms with E-state index in [4.69, 9.17) is 0 Å². The van der Waals surface area contributed by atoms with E-state index in [2.05, 4.69) is 16.5 Å². The minimum Gasteiger partial charge on any atom is -0.314 e. The Bertz CT molecular complexity index is 147. The molecular weight excluding hydrogens is 168 g/mol. The summed E-state index contributed by atoms with van der Waals surface area (Å²) in [4.78, 5) is 2.66. The molecule has 2 aliphatic heterocycles. The van der Waals surface area contributed by atoms with Gasteiger partial charge in [0, 0.05) is 25.7 Å². The number of nitrogens with zero attached hydrogens (tertiary/aromatic N) is 1. The highest BCUT2D eigenvalue weighted by molar-refractivity contribution is 7.98. The number of hydrogen-bond acceptors (Lipinski definition) is 3. The van der Waals surface area contributed by atoms with Gasteiger partial charge in [-0.15, -0.1) is 0 Å². The van der Waals surface area contributed by atoms with Crippen molar-refractivity contribution in [3.63, 3.8) is 0 Å². The largest absolute Gasteiger partial charge is 0.314 e. The zero-order valence-corrected chi connectivity index (χ0v) is 8.57. The Hall–Kier alpha value is 0.270. The predicted molar refractivity (Wildman–Crippen MR) is 54.7 cm³/mol. The predicted octanol–water partition coefficient (Wildman–Crippen LogP) is 0.643. The number of rotatable bonds is 3. The van der Waals surface area contributed by atoms with Crippen LogP contribution in [0.25, 0.3) is 0 Å². The van der Waals surface area contributed by atoms with Crippen molar-refractivity contribution in [2.75, 3.05) is 38.2 Å². The van der Waals surface area contributed by atoms with Gasteiger partial charge < -0.3 is 5.32 Å². The van der Waals surface area contributed by atoms with Gasteiger partial charge in [0.1, 0.15) is 0 Å². The second-order valence-electron chi connectivity index (χ2n) is 3.92. The molecule has 1 unspecified atom stereocenters. The molecule has 1 N–H and O–H groups in total. The third-order valence-corrected chi connectivity index (χ3v) is 3.80. The van der Waals surface area contributed by atoms with E-state index in [1.165, 1.54) is 38.4 Å². The minimum absolute atomic E-state index is 0.872. The highest BCUT2D eigenvalue weighted by atomic mass is 32.2. The molecule has 0 bridgehead atoms. The Labute approximate surface area is 79.1 Å². The summed E-state index contributed by atoms with van der Waals surface area (Å²) in [6.07, 6.45) is 3.64. The van der Waals surface area contributed by atoms with Crippen LogP contribution in [0, 0.1) is 5.92 Å². The molecule has 2 saturated heterocycles. The average molecular weight is 186 g/mol. The molecule has 70 valence electrons. The van der Waals surface area contributed by atoms with Crippen molar-refractivity contribution in [1.29, 1.82) is 0 Å². The molecular formula is C9H18N2S. The SMILES string of the molecule is CSCC1CCN(C2CNC2)C1. The summed E-state index contributed by atoms with van der Waals surface area (Å²) in [6, 6.07) is 0.872. The van der Waals surface area contributed by atoms with Gasteiger partial charge in [0.2, 0.25) is 0 Å². The highest BCUT2D eigenvalue weighted by Gasteiger charge is 2.30. The molecule has 3 heteroatoms. The molecule has 0 saturated carbocycles. The van der Waals surface area contributed by atoms with Crippen LogP contribution in [0.4, 0.5) is 0 Å². The van der Waals surface area contributed by atoms with Crippen LogP contribution in [-0.2, 0) is 0 Å². The smallest absolute Gasteiger partial charge is 0.0345 e. The van der Waals surface area contributed by atoms with Crippen molar-refractivity contribution in [2.24, 2.45) is 5.92 Å². The van der Waals surface area contributed by atoms with Crippen molar-refractivity contribution in [3.05, 3.63) is 0 Å². The van der Waals surface area contributed by atoms with Crippen LogP contribution in [0.15, 0.2) is 0 Å². The van der Waals surface area contributed by atoms with Gasteiger partial charge in [-0.25, -0.2) is 0 Å². The Balaban J connectivity index is 1.73. The molecule has 0 amide bonds. The lowest BCUT2D eigenvalue weighted by molar-refractivity contribution is 0.175. The first-order chi connectivity index (χ1) is 5.90. The van der Waals surface area contributed by atoms with E-state index in [0.29, 0.717) is 0 Å². The monoisotopic (exact) mass is 186 g/mol. The molecule has 2 fully saturated rings. The molecule has 0 spiro atoms. The van der Waals surface area contributed by atoms with Crippen molar-refractivity contribution >= 4 is 11.8 Å². The van der Waals surface area contributed by atoms with Gasteiger partial charge in [0.05, 0.1) is 0 Å². The van der Waals surface area contributed by atoms with Crippen LogP contribution in [0.1, 0.15) is 6.42 Å². The van der Waals surface area contributed by atoms with E-state index in [0.717, 1.165) is 12.0 Å². The third kappa shape index (κ3) is 1.78. The van der Waals surface area contributed by atoms with Crippen LogP contribution < -0.4 is 5.32 Å². The molecule has 1 atom stereocenters. The van der Waals surface area contributed by atoms with Crippen LogP contribution in [-0.4, -0.2) is 49.1 Å². The van der Waals surface area contributed by atoms with Crippen molar-refractivity contribution < 1.29 is 0 Å². The van der Waals surface area contributed by atoms with Crippen molar-refractivity contribution in [3.8, 4) is 0 Å². The third-order valence-electron chi connectivity index (χ3n) is 3.00. The Kier molecular flexibility index (Phi) is 2.94. The fourth-order valence-electron chi connectivity index (χ4n) is 2.10. The Morgan fingerprint density at radius 2 is 2.33 bits per heavy atom. The summed E-state index contributed by atoms with van der Waals surface area (Å²) in [5.74, 6) is 2.33. The number of likely N-dealkylation sites (tertiary alicyclic amines) is 1. The number of hydrogen-bond donors (Lipinski definition) is 1. The molecule has 2 aliphatic rings. The quantitative estimate of drug-likeness (QED) is 0.696. The Morgan fingerprint density at radius 3 is 2.92 bits per heavy atom. The van der Waals surface area contributed by atoms with E-state index in [-0.39, 0.29) is 0 Å². The van der Waals surface area contributed by atoms with Crippen molar-refractivity contribution in [2.45, 2.75) is 12.5 Å². The fraction of sp³-hybridized carbons (Fsp3) is 1.00. The second-order valence-corrected chi connectivity index (χ2v) is 4.83. The number of nitrogens with one attached hydrogen (secondary N) is 1. The lowest BCUT2D eigenvalue weighted by Gasteiger charge is -2.35. The molecule has 2 rings (SSSR count). The lowest BCUT2D eigenvalue weighted by Crippen LogP contribution is -2.56. The van der Waals surface area contributed by atoms with Gasteiger partial charge in [-0.3, -0.25) is 4.90 Å². The Morgan fingerprint density at radius 1 is 1.50 bits per heavy atom.